The van der Waals surface area contributed by atoms with E-state index < -0.39 is 0 Å². The maximum Gasteiger partial charge on any atom is 0.343 e. The maximum absolute atomic E-state index is 11.4. The Bertz CT molecular complexity index is 864. The fourth-order valence-corrected chi connectivity index (χ4v) is 2.43. The summed E-state index contributed by atoms with van der Waals surface area (Å²) < 4.78 is 12.2. The first kappa shape index (κ1) is 17.0. The molecule has 0 amide bonds. The molecule has 3 aromatic rings. The molecule has 0 atom stereocenters. The van der Waals surface area contributed by atoms with Crippen LogP contribution in [0.4, 0.5) is 0 Å². The largest absolute Gasteiger partial charge is 0.489 e. The van der Waals surface area contributed by atoms with Gasteiger partial charge in [0.25, 0.3) is 0 Å². The third kappa shape index (κ3) is 4.36. The number of H-pyrrole nitrogens is 1. The van der Waals surface area contributed by atoms with Gasteiger partial charge in [-0.05, 0) is 29.7 Å². The maximum atomic E-state index is 11.4. The minimum atomic E-state index is -0.226. The minimum Gasteiger partial charge on any atom is -0.489 e. The van der Waals surface area contributed by atoms with Gasteiger partial charge < -0.3 is 9.47 Å². The smallest absolute Gasteiger partial charge is 0.343 e. The number of nitrogens with zero attached hydrogens (tertiary/aromatic N) is 2. The van der Waals surface area contributed by atoms with Gasteiger partial charge in [0.15, 0.2) is 5.82 Å². The Hall–Kier alpha value is -2.86. The number of methoxy groups -OCH3 is 1. The van der Waals surface area contributed by atoms with Crippen LogP contribution in [0, 0.1) is 0 Å². The number of hydrogen-bond donors (Lipinski definition) is 1. The van der Waals surface area contributed by atoms with Crippen LogP contribution in [0.2, 0.25) is 0 Å². The summed E-state index contributed by atoms with van der Waals surface area (Å²) in [5.41, 5.74) is 2.91. The van der Waals surface area contributed by atoms with E-state index in [-0.39, 0.29) is 5.69 Å². The Morgan fingerprint density at radius 3 is 2.32 bits per heavy atom. The van der Waals surface area contributed by atoms with E-state index >= 15 is 0 Å². The molecule has 6 nitrogen and oxygen atoms in total. The van der Waals surface area contributed by atoms with Crippen molar-refractivity contribution in [1.29, 1.82) is 0 Å². The van der Waals surface area contributed by atoms with Crippen molar-refractivity contribution in [3.8, 4) is 17.1 Å². The van der Waals surface area contributed by atoms with Crippen LogP contribution in [0.3, 0.4) is 0 Å². The molecule has 0 bridgehead atoms. The SMILES string of the molecule is COCCc1ccc(OCc2ccc(-c3nn(C)c(=O)[nH]3)cc2)cc1. The van der Waals surface area contributed by atoms with E-state index in [0.717, 1.165) is 23.3 Å². The monoisotopic (exact) mass is 339 g/mol. The zero-order valence-electron chi connectivity index (χ0n) is 14.4. The van der Waals surface area contributed by atoms with Gasteiger partial charge in [-0.15, -0.1) is 0 Å². The summed E-state index contributed by atoms with van der Waals surface area (Å²) in [4.78, 5) is 14.2. The lowest BCUT2D eigenvalue weighted by Crippen LogP contribution is -2.13. The average Bonchev–Trinajstić information content (AvgIpc) is 2.98. The first-order valence-corrected chi connectivity index (χ1v) is 8.09. The van der Waals surface area contributed by atoms with Crippen molar-refractivity contribution in [1.82, 2.24) is 14.8 Å². The Morgan fingerprint density at radius 1 is 1.04 bits per heavy atom. The van der Waals surface area contributed by atoms with E-state index in [2.05, 4.69) is 22.2 Å². The molecule has 130 valence electrons. The van der Waals surface area contributed by atoms with Crippen molar-refractivity contribution >= 4 is 0 Å². The summed E-state index contributed by atoms with van der Waals surface area (Å²) in [6.07, 6.45) is 0.897. The predicted octanol–water partition coefficient (Wildman–Crippen LogP) is 2.54. The van der Waals surface area contributed by atoms with Gasteiger partial charge in [-0.25, -0.2) is 9.48 Å². The van der Waals surface area contributed by atoms with Crippen molar-refractivity contribution in [3.05, 3.63) is 70.1 Å². The second-order valence-electron chi connectivity index (χ2n) is 5.77. The molecule has 0 saturated heterocycles. The number of hydrogen-bond acceptors (Lipinski definition) is 4. The second kappa shape index (κ2) is 7.81. The molecular weight excluding hydrogens is 318 g/mol. The van der Waals surface area contributed by atoms with Gasteiger partial charge in [0.2, 0.25) is 0 Å². The highest BCUT2D eigenvalue weighted by atomic mass is 16.5. The molecule has 0 fully saturated rings. The summed E-state index contributed by atoms with van der Waals surface area (Å²) in [6, 6.07) is 15.8. The number of rotatable bonds is 7. The lowest BCUT2D eigenvalue weighted by atomic mass is 10.1. The first-order valence-electron chi connectivity index (χ1n) is 8.09. The molecule has 0 radical (unpaired) electrons. The third-order valence-corrected chi connectivity index (χ3v) is 3.92. The molecule has 0 aliphatic carbocycles. The highest BCUT2D eigenvalue weighted by Crippen LogP contribution is 2.17. The number of aromatic amines is 1. The first-order chi connectivity index (χ1) is 12.2. The molecule has 2 aromatic carbocycles. The van der Waals surface area contributed by atoms with E-state index in [0.29, 0.717) is 19.0 Å². The average molecular weight is 339 g/mol. The van der Waals surface area contributed by atoms with Crippen LogP contribution >= 0.6 is 0 Å². The molecule has 0 saturated carbocycles. The molecule has 6 heteroatoms. The lowest BCUT2D eigenvalue weighted by molar-refractivity contribution is 0.202. The van der Waals surface area contributed by atoms with Gasteiger partial charge in [0, 0.05) is 19.7 Å². The van der Waals surface area contributed by atoms with Crippen LogP contribution in [-0.4, -0.2) is 28.5 Å². The second-order valence-corrected chi connectivity index (χ2v) is 5.77. The van der Waals surface area contributed by atoms with Gasteiger partial charge in [0.05, 0.1) is 6.61 Å². The Morgan fingerprint density at radius 2 is 1.72 bits per heavy atom. The lowest BCUT2D eigenvalue weighted by Gasteiger charge is -2.08. The number of ether oxygens (including phenoxy) is 2. The Kier molecular flexibility index (Phi) is 5.30. The van der Waals surface area contributed by atoms with Crippen LogP contribution in [0.5, 0.6) is 5.75 Å². The summed E-state index contributed by atoms with van der Waals surface area (Å²) in [5.74, 6) is 1.39. The van der Waals surface area contributed by atoms with E-state index in [1.807, 2.05) is 36.4 Å². The summed E-state index contributed by atoms with van der Waals surface area (Å²) in [7, 11) is 3.32. The summed E-state index contributed by atoms with van der Waals surface area (Å²) in [5, 5.41) is 4.14. The molecule has 25 heavy (non-hydrogen) atoms. The van der Waals surface area contributed by atoms with Crippen molar-refractivity contribution in [2.24, 2.45) is 7.05 Å². The zero-order valence-corrected chi connectivity index (χ0v) is 14.4. The molecule has 1 heterocycles. The standard InChI is InChI=1S/C19H21N3O3/c1-22-19(23)20-18(21-22)16-7-3-15(4-8-16)13-25-17-9-5-14(6-10-17)11-12-24-2/h3-10H,11-13H2,1-2H3,(H,20,21,23). The molecule has 0 aliphatic rings. The normalized spacial score (nSPS) is 10.8. The number of aromatic nitrogens is 3. The Balaban J connectivity index is 1.59. The van der Waals surface area contributed by atoms with Crippen molar-refractivity contribution in [3.63, 3.8) is 0 Å². The molecule has 0 unspecified atom stereocenters. The molecular formula is C19H21N3O3. The zero-order chi connectivity index (χ0) is 17.6. The van der Waals surface area contributed by atoms with Gasteiger partial charge in [-0.2, -0.15) is 5.10 Å². The minimum absolute atomic E-state index is 0.226. The topological polar surface area (TPSA) is 69.1 Å². The van der Waals surface area contributed by atoms with Crippen molar-refractivity contribution < 1.29 is 9.47 Å². The fourth-order valence-electron chi connectivity index (χ4n) is 2.43. The van der Waals surface area contributed by atoms with Crippen LogP contribution in [-0.2, 0) is 24.8 Å². The highest BCUT2D eigenvalue weighted by molar-refractivity contribution is 5.54. The summed E-state index contributed by atoms with van der Waals surface area (Å²) in [6.45, 7) is 1.20. The summed E-state index contributed by atoms with van der Waals surface area (Å²) >= 11 is 0. The highest BCUT2D eigenvalue weighted by Gasteiger charge is 2.05. The van der Waals surface area contributed by atoms with E-state index in [1.165, 1.54) is 10.2 Å². The molecule has 0 aliphatic heterocycles. The van der Waals surface area contributed by atoms with Crippen molar-refractivity contribution in [2.75, 3.05) is 13.7 Å². The van der Waals surface area contributed by atoms with Crippen LogP contribution in [0.1, 0.15) is 11.1 Å². The van der Waals surface area contributed by atoms with Gasteiger partial charge in [-0.3, -0.25) is 4.98 Å². The third-order valence-electron chi connectivity index (χ3n) is 3.92. The molecule has 3 rings (SSSR count). The van der Waals surface area contributed by atoms with Crippen molar-refractivity contribution in [2.45, 2.75) is 13.0 Å². The molecule has 0 spiro atoms. The number of nitrogens with one attached hydrogen (secondary N) is 1. The number of aryl methyl sites for hydroxylation is 1. The number of benzene rings is 2. The van der Waals surface area contributed by atoms with E-state index in [1.54, 1.807) is 14.2 Å². The molecule has 1 N–H and O–H groups in total. The van der Waals surface area contributed by atoms with Crippen LogP contribution in [0.25, 0.3) is 11.4 Å². The van der Waals surface area contributed by atoms with Gasteiger partial charge in [0.1, 0.15) is 12.4 Å². The quantitative estimate of drug-likeness (QED) is 0.718. The van der Waals surface area contributed by atoms with E-state index in [9.17, 15) is 4.79 Å². The predicted molar refractivity (Wildman–Crippen MR) is 95.6 cm³/mol. The van der Waals surface area contributed by atoms with Gasteiger partial charge >= 0.3 is 5.69 Å². The molecule has 1 aromatic heterocycles. The Labute approximate surface area is 146 Å². The van der Waals surface area contributed by atoms with Crippen LogP contribution in [0.15, 0.2) is 53.3 Å². The van der Waals surface area contributed by atoms with Gasteiger partial charge in [-0.1, -0.05) is 36.4 Å². The van der Waals surface area contributed by atoms with Crippen LogP contribution < -0.4 is 10.4 Å². The fraction of sp³-hybridized carbons (Fsp3) is 0.263. The van der Waals surface area contributed by atoms with E-state index in [4.69, 9.17) is 9.47 Å².